The molecule has 2 aromatic carbocycles. The zero-order valence-corrected chi connectivity index (χ0v) is 11.6. The van der Waals surface area contributed by atoms with Crippen molar-refractivity contribution in [1.82, 2.24) is 0 Å². The van der Waals surface area contributed by atoms with E-state index in [0.29, 0.717) is 12.2 Å². The molecule has 3 nitrogen and oxygen atoms in total. The molecule has 2 N–H and O–H groups in total. The Balaban J connectivity index is 2.08. The molecule has 0 aliphatic rings. The summed E-state index contributed by atoms with van der Waals surface area (Å²) in [6.07, 6.45) is 0. The Morgan fingerprint density at radius 2 is 1.90 bits per heavy atom. The number of phenols is 1. The number of phenolic OH excluding ortho intramolecular Hbond substituents is 1. The van der Waals surface area contributed by atoms with Crippen molar-refractivity contribution < 1.29 is 14.2 Å². The molecule has 4 heteroatoms. The second-order valence-corrected chi connectivity index (χ2v) is 4.53. The van der Waals surface area contributed by atoms with Crippen molar-refractivity contribution in [3.05, 3.63) is 53.8 Å². The minimum atomic E-state index is -0.420. The van der Waals surface area contributed by atoms with E-state index >= 15 is 0 Å². The minimum absolute atomic E-state index is 0.0699. The number of hydrogen-bond acceptors (Lipinski definition) is 3. The maximum Gasteiger partial charge on any atom is 0.132 e. The maximum atomic E-state index is 13.7. The van der Waals surface area contributed by atoms with Crippen LogP contribution in [-0.2, 0) is 0 Å². The van der Waals surface area contributed by atoms with Gasteiger partial charge in [0.2, 0.25) is 0 Å². The van der Waals surface area contributed by atoms with Gasteiger partial charge in [-0.05, 0) is 44.2 Å². The van der Waals surface area contributed by atoms with Crippen molar-refractivity contribution in [3.8, 4) is 11.5 Å². The number of benzene rings is 2. The third-order valence-electron chi connectivity index (χ3n) is 3.00. The molecular formula is C16H18FNO2. The second kappa shape index (κ2) is 6.28. The van der Waals surface area contributed by atoms with Crippen LogP contribution in [0.1, 0.15) is 25.5 Å². The minimum Gasteiger partial charge on any atom is -0.508 e. The average Bonchev–Trinajstić information content (AvgIpc) is 2.41. The summed E-state index contributed by atoms with van der Waals surface area (Å²) in [5, 5.41) is 12.4. The van der Waals surface area contributed by atoms with Gasteiger partial charge in [0.05, 0.1) is 12.6 Å². The van der Waals surface area contributed by atoms with Crippen molar-refractivity contribution in [2.75, 3.05) is 11.9 Å². The van der Waals surface area contributed by atoms with Gasteiger partial charge in [0.15, 0.2) is 0 Å². The molecule has 0 aromatic heterocycles. The number of nitrogens with one attached hydrogen (secondary N) is 1. The van der Waals surface area contributed by atoms with Crippen LogP contribution in [0.15, 0.2) is 42.5 Å². The molecule has 0 amide bonds. The van der Waals surface area contributed by atoms with E-state index in [1.807, 2.05) is 38.1 Å². The largest absolute Gasteiger partial charge is 0.508 e. The predicted octanol–water partition coefficient (Wildman–Crippen LogP) is 4.10. The Kier molecular flexibility index (Phi) is 4.45. The maximum absolute atomic E-state index is 13.7. The molecule has 0 bridgehead atoms. The SMILES string of the molecule is CCOc1ccc(NC(C)c2ccc(O)cc2F)cc1. The monoisotopic (exact) mass is 275 g/mol. The van der Waals surface area contributed by atoms with E-state index in [0.717, 1.165) is 17.5 Å². The Labute approximate surface area is 118 Å². The highest BCUT2D eigenvalue weighted by Crippen LogP contribution is 2.25. The Morgan fingerprint density at radius 1 is 1.20 bits per heavy atom. The molecular weight excluding hydrogens is 257 g/mol. The first kappa shape index (κ1) is 14.2. The summed E-state index contributed by atoms with van der Waals surface area (Å²) in [5.41, 5.74) is 1.39. The molecule has 0 radical (unpaired) electrons. The van der Waals surface area contributed by atoms with E-state index in [1.54, 1.807) is 6.07 Å². The lowest BCUT2D eigenvalue weighted by Gasteiger charge is -2.17. The van der Waals surface area contributed by atoms with Gasteiger partial charge >= 0.3 is 0 Å². The van der Waals surface area contributed by atoms with E-state index in [2.05, 4.69) is 5.32 Å². The molecule has 0 saturated carbocycles. The number of aromatic hydroxyl groups is 1. The van der Waals surface area contributed by atoms with Gasteiger partial charge < -0.3 is 15.2 Å². The highest BCUT2D eigenvalue weighted by molar-refractivity contribution is 5.48. The lowest BCUT2D eigenvalue weighted by atomic mass is 10.1. The number of ether oxygens (including phenoxy) is 1. The highest BCUT2D eigenvalue weighted by Gasteiger charge is 2.11. The third kappa shape index (κ3) is 3.41. The standard InChI is InChI=1S/C16H18FNO2/c1-3-20-14-7-4-12(5-8-14)18-11(2)15-9-6-13(19)10-16(15)17/h4-11,18-19H,3H2,1-2H3. The van der Waals surface area contributed by atoms with Crippen LogP contribution < -0.4 is 10.1 Å². The van der Waals surface area contributed by atoms with Crippen LogP contribution >= 0.6 is 0 Å². The molecule has 1 unspecified atom stereocenters. The fourth-order valence-corrected chi connectivity index (χ4v) is 2.01. The van der Waals surface area contributed by atoms with Crippen LogP contribution in [-0.4, -0.2) is 11.7 Å². The third-order valence-corrected chi connectivity index (χ3v) is 3.00. The zero-order chi connectivity index (χ0) is 14.5. The van der Waals surface area contributed by atoms with Crippen LogP contribution in [0.3, 0.4) is 0 Å². The zero-order valence-electron chi connectivity index (χ0n) is 11.6. The molecule has 2 rings (SSSR count). The van der Waals surface area contributed by atoms with Gasteiger partial charge in [0, 0.05) is 17.3 Å². The number of hydrogen-bond donors (Lipinski definition) is 2. The van der Waals surface area contributed by atoms with Crippen LogP contribution in [0.5, 0.6) is 11.5 Å². The van der Waals surface area contributed by atoms with Gasteiger partial charge in [-0.2, -0.15) is 0 Å². The predicted molar refractivity (Wildman–Crippen MR) is 77.7 cm³/mol. The van der Waals surface area contributed by atoms with E-state index in [1.165, 1.54) is 6.07 Å². The van der Waals surface area contributed by atoms with E-state index < -0.39 is 5.82 Å². The molecule has 0 aliphatic carbocycles. The van der Waals surface area contributed by atoms with Crippen LogP contribution in [0, 0.1) is 5.82 Å². The van der Waals surface area contributed by atoms with Crippen molar-refractivity contribution in [2.24, 2.45) is 0 Å². The molecule has 106 valence electrons. The van der Waals surface area contributed by atoms with Crippen LogP contribution in [0.2, 0.25) is 0 Å². The first-order valence-electron chi connectivity index (χ1n) is 6.58. The fraction of sp³-hybridized carbons (Fsp3) is 0.250. The first-order chi connectivity index (χ1) is 9.60. The molecule has 1 atom stereocenters. The normalized spacial score (nSPS) is 11.9. The topological polar surface area (TPSA) is 41.5 Å². The Hall–Kier alpha value is -2.23. The lowest BCUT2D eigenvalue weighted by molar-refractivity contribution is 0.340. The van der Waals surface area contributed by atoms with Crippen LogP contribution in [0.25, 0.3) is 0 Å². The summed E-state index contributed by atoms with van der Waals surface area (Å²) in [6, 6.07) is 11.5. The molecule has 0 heterocycles. The summed E-state index contributed by atoms with van der Waals surface area (Å²) in [6.45, 7) is 4.43. The van der Waals surface area contributed by atoms with Crippen molar-refractivity contribution in [1.29, 1.82) is 0 Å². The molecule has 20 heavy (non-hydrogen) atoms. The first-order valence-corrected chi connectivity index (χ1v) is 6.58. The van der Waals surface area contributed by atoms with E-state index in [4.69, 9.17) is 4.74 Å². The highest BCUT2D eigenvalue weighted by atomic mass is 19.1. The van der Waals surface area contributed by atoms with Gasteiger partial charge in [0.1, 0.15) is 17.3 Å². The molecule has 0 fully saturated rings. The second-order valence-electron chi connectivity index (χ2n) is 4.53. The summed E-state index contributed by atoms with van der Waals surface area (Å²) >= 11 is 0. The van der Waals surface area contributed by atoms with Gasteiger partial charge in [-0.25, -0.2) is 4.39 Å². The van der Waals surface area contributed by atoms with Crippen molar-refractivity contribution in [3.63, 3.8) is 0 Å². The summed E-state index contributed by atoms with van der Waals surface area (Å²) < 4.78 is 19.1. The molecule has 0 aliphatic heterocycles. The van der Waals surface area contributed by atoms with Crippen molar-refractivity contribution >= 4 is 5.69 Å². The quantitative estimate of drug-likeness (QED) is 0.863. The summed E-state index contributed by atoms with van der Waals surface area (Å²) in [7, 11) is 0. The van der Waals surface area contributed by atoms with E-state index in [-0.39, 0.29) is 11.8 Å². The Morgan fingerprint density at radius 3 is 2.50 bits per heavy atom. The van der Waals surface area contributed by atoms with Gasteiger partial charge in [-0.3, -0.25) is 0 Å². The van der Waals surface area contributed by atoms with Crippen LogP contribution in [0.4, 0.5) is 10.1 Å². The molecule has 2 aromatic rings. The lowest BCUT2D eigenvalue weighted by Crippen LogP contribution is -2.08. The smallest absolute Gasteiger partial charge is 0.132 e. The van der Waals surface area contributed by atoms with E-state index in [9.17, 15) is 9.50 Å². The average molecular weight is 275 g/mol. The fourth-order valence-electron chi connectivity index (χ4n) is 2.01. The molecule has 0 saturated heterocycles. The number of halogens is 1. The van der Waals surface area contributed by atoms with Gasteiger partial charge in [-0.15, -0.1) is 0 Å². The van der Waals surface area contributed by atoms with Gasteiger partial charge in [-0.1, -0.05) is 6.07 Å². The summed E-state index contributed by atoms with van der Waals surface area (Å²) in [5.74, 6) is 0.317. The summed E-state index contributed by atoms with van der Waals surface area (Å²) in [4.78, 5) is 0. The van der Waals surface area contributed by atoms with Crippen molar-refractivity contribution in [2.45, 2.75) is 19.9 Å². The van der Waals surface area contributed by atoms with Gasteiger partial charge in [0.25, 0.3) is 0 Å². The number of rotatable bonds is 5. The Bertz CT molecular complexity index is 569. The number of anilines is 1. The molecule has 0 spiro atoms.